The minimum Gasteiger partial charge on any atom is -0.491 e. The van der Waals surface area contributed by atoms with Crippen LogP contribution in [0.25, 0.3) is 27.8 Å². The van der Waals surface area contributed by atoms with Gasteiger partial charge < -0.3 is 14.4 Å². The lowest BCUT2D eigenvalue weighted by atomic mass is 10.1. The van der Waals surface area contributed by atoms with Crippen LogP contribution in [0.2, 0.25) is 0 Å². The third-order valence-corrected chi connectivity index (χ3v) is 5.13. The maximum absolute atomic E-state index is 12.9. The quantitative estimate of drug-likeness (QED) is 0.387. The van der Waals surface area contributed by atoms with E-state index in [2.05, 4.69) is 4.98 Å². The number of hydrogen-bond donors (Lipinski definition) is 1. The van der Waals surface area contributed by atoms with E-state index in [9.17, 15) is 28.3 Å². The summed E-state index contributed by atoms with van der Waals surface area (Å²) in [6.45, 7) is 3.77. The summed E-state index contributed by atoms with van der Waals surface area (Å²) in [5, 5.41) is 20.0. The molecule has 4 aromatic rings. The van der Waals surface area contributed by atoms with Crippen molar-refractivity contribution in [3.63, 3.8) is 0 Å². The van der Waals surface area contributed by atoms with Crippen LogP contribution in [-0.2, 0) is 6.18 Å². The molecule has 9 heteroatoms. The van der Waals surface area contributed by atoms with Crippen molar-refractivity contribution in [2.45, 2.75) is 26.1 Å². The highest BCUT2D eigenvalue weighted by Crippen LogP contribution is 2.34. The molecule has 0 unspecified atom stereocenters. The van der Waals surface area contributed by atoms with Crippen molar-refractivity contribution in [3.05, 3.63) is 77.6 Å². The second kappa shape index (κ2) is 8.56. The van der Waals surface area contributed by atoms with Crippen molar-refractivity contribution in [2.75, 3.05) is 0 Å². The molecular formula is C25H18F3N3O3. The number of ether oxygens (including phenoxy) is 1. The lowest BCUT2D eigenvalue weighted by molar-refractivity contribution is -0.137. The Kier molecular flexibility index (Phi) is 5.75. The first kappa shape index (κ1) is 22.9. The van der Waals surface area contributed by atoms with E-state index in [4.69, 9.17) is 4.74 Å². The van der Waals surface area contributed by atoms with Gasteiger partial charge in [-0.3, -0.25) is 4.98 Å². The summed E-state index contributed by atoms with van der Waals surface area (Å²) in [5.74, 6) is -0.673. The number of aromatic carboxylic acids is 1. The fraction of sp³-hybridized carbons (Fsp3) is 0.160. The highest BCUT2D eigenvalue weighted by atomic mass is 19.4. The number of pyridine rings is 1. The second-order valence-corrected chi connectivity index (χ2v) is 7.80. The number of carboxylic acid groups (broad SMARTS) is 1. The van der Waals surface area contributed by atoms with Crippen LogP contribution in [-0.4, -0.2) is 26.7 Å². The summed E-state index contributed by atoms with van der Waals surface area (Å²) in [5.41, 5.74) is 0.541. The molecule has 6 nitrogen and oxygen atoms in total. The summed E-state index contributed by atoms with van der Waals surface area (Å²) in [6, 6.07) is 15.7. The van der Waals surface area contributed by atoms with Crippen LogP contribution in [0, 0.1) is 11.3 Å². The van der Waals surface area contributed by atoms with Crippen molar-refractivity contribution in [1.29, 1.82) is 5.26 Å². The molecular weight excluding hydrogens is 447 g/mol. The van der Waals surface area contributed by atoms with E-state index < -0.39 is 17.7 Å². The van der Waals surface area contributed by atoms with Gasteiger partial charge in [0.15, 0.2) is 5.69 Å². The van der Waals surface area contributed by atoms with Crippen molar-refractivity contribution in [2.24, 2.45) is 0 Å². The van der Waals surface area contributed by atoms with E-state index in [1.165, 1.54) is 10.6 Å². The minimum atomic E-state index is -4.51. The van der Waals surface area contributed by atoms with Crippen LogP contribution >= 0.6 is 0 Å². The van der Waals surface area contributed by atoms with Crippen molar-refractivity contribution >= 4 is 16.9 Å². The number of alkyl halides is 3. The molecule has 0 spiro atoms. The monoisotopic (exact) mass is 465 g/mol. The number of aromatic nitrogens is 2. The normalized spacial score (nSPS) is 11.6. The Morgan fingerprint density at radius 3 is 2.35 bits per heavy atom. The summed E-state index contributed by atoms with van der Waals surface area (Å²) in [4.78, 5) is 16.0. The Bertz CT molecular complexity index is 1420. The van der Waals surface area contributed by atoms with Gasteiger partial charge in [0.05, 0.1) is 28.4 Å². The summed E-state index contributed by atoms with van der Waals surface area (Å²) in [7, 11) is 0. The van der Waals surface area contributed by atoms with Gasteiger partial charge in [0.1, 0.15) is 11.8 Å². The fourth-order valence-electron chi connectivity index (χ4n) is 3.71. The van der Waals surface area contributed by atoms with Crippen LogP contribution in [0.5, 0.6) is 5.75 Å². The van der Waals surface area contributed by atoms with Gasteiger partial charge in [-0.25, -0.2) is 4.79 Å². The van der Waals surface area contributed by atoms with Crippen LogP contribution in [0.1, 0.15) is 35.5 Å². The van der Waals surface area contributed by atoms with Gasteiger partial charge in [-0.15, -0.1) is 0 Å². The topological polar surface area (TPSA) is 88.1 Å². The SMILES string of the molecule is CC(C)Oc1ccc(-n2c(C(=O)O)c(C#N)c3cc(-c4ccc(C(F)(F)F)cn4)ccc32)cc1. The number of benzene rings is 2. The zero-order valence-electron chi connectivity index (χ0n) is 18.1. The molecule has 0 amide bonds. The van der Waals surface area contributed by atoms with E-state index in [-0.39, 0.29) is 23.1 Å². The largest absolute Gasteiger partial charge is 0.491 e. The molecule has 0 radical (unpaired) electrons. The third-order valence-electron chi connectivity index (χ3n) is 5.13. The predicted octanol–water partition coefficient (Wildman–Crippen LogP) is 6.07. The molecule has 0 saturated carbocycles. The highest BCUT2D eigenvalue weighted by molar-refractivity contribution is 6.02. The third kappa shape index (κ3) is 4.18. The average molecular weight is 465 g/mol. The second-order valence-electron chi connectivity index (χ2n) is 7.80. The van der Waals surface area contributed by atoms with E-state index in [0.717, 1.165) is 12.3 Å². The van der Waals surface area contributed by atoms with Crippen LogP contribution in [0.4, 0.5) is 13.2 Å². The van der Waals surface area contributed by atoms with Gasteiger partial charge in [-0.05, 0) is 62.4 Å². The molecule has 0 atom stereocenters. The lowest BCUT2D eigenvalue weighted by Crippen LogP contribution is -2.09. The molecule has 172 valence electrons. The summed E-state index contributed by atoms with van der Waals surface area (Å²) < 4.78 is 45.7. The summed E-state index contributed by atoms with van der Waals surface area (Å²) in [6.07, 6.45) is -3.80. The highest BCUT2D eigenvalue weighted by Gasteiger charge is 2.31. The number of halogens is 3. The van der Waals surface area contributed by atoms with Crippen molar-refractivity contribution in [3.8, 4) is 28.8 Å². The molecule has 0 aliphatic carbocycles. The Balaban J connectivity index is 1.87. The van der Waals surface area contributed by atoms with Gasteiger partial charge in [0, 0.05) is 22.8 Å². The molecule has 2 heterocycles. The predicted molar refractivity (Wildman–Crippen MR) is 119 cm³/mol. The van der Waals surface area contributed by atoms with Gasteiger partial charge in [-0.2, -0.15) is 18.4 Å². The van der Waals surface area contributed by atoms with Gasteiger partial charge in [0.25, 0.3) is 0 Å². The van der Waals surface area contributed by atoms with Gasteiger partial charge >= 0.3 is 12.1 Å². The number of nitrogens with zero attached hydrogens (tertiary/aromatic N) is 3. The molecule has 2 aromatic heterocycles. The first-order valence-corrected chi connectivity index (χ1v) is 10.2. The molecule has 34 heavy (non-hydrogen) atoms. The molecule has 0 aliphatic rings. The number of fused-ring (bicyclic) bond motifs is 1. The van der Waals surface area contributed by atoms with Crippen molar-refractivity contribution < 1.29 is 27.8 Å². The molecule has 0 aliphatic heterocycles. The Hall–Kier alpha value is -4.32. The Labute approximate surface area is 192 Å². The van der Waals surface area contributed by atoms with E-state index in [1.54, 1.807) is 42.5 Å². The van der Waals surface area contributed by atoms with Gasteiger partial charge in [0.2, 0.25) is 0 Å². The van der Waals surface area contributed by atoms with Crippen molar-refractivity contribution in [1.82, 2.24) is 9.55 Å². The van der Waals surface area contributed by atoms with E-state index >= 15 is 0 Å². The zero-order chi connectivity index (χ0) is 24.6. The van der Waals surface area contributed by atoms with E-state index in [0.29, 0.717) is 27.9 Å². The zero-order valence-corrected chi connectivity index (χ0v) is 18.1. The Morgan fingerprint density at radius 1 is 1.12 bits per heavy atom. The number of carboxylic acids is 1. The lowest BCUT2D eigenvalue weighted by Gasteiger charge is -2.12. The maximum Gasteiger partial charge on any atom is 0.417 e. The standard InChI is InChI=1S/C25H18F3N3O3/c1-14(2)34-18-7-5-17(6-8-18)31-22-10-3-15(11-19(22)20(12-29)23(31)24(32)33)21-9-4-16(13-30-21)25(26,27)28/h3-11,13-14H,1-2H3,(H,32,33). The van der Waals surface area contributed by atoms with Gasteiger partial charge in [-0.1, -0.05) is 6.07 Å². The first-order valence-electron chi connectivity index (χ1n) is 10.2. The van der Waals surface area contributed by atoms with E-state index in [1.807, 2.05) is 19.9 Å². The molecule has 0 saturated heterocycles. The number of rotatable bonds is 5. The maximum atomic E-state index is 12.9. The van der Waals surface area contributed by atoms with Crippen LogP contribution in [0.15, 0.2) is 60.8 Å². The fourth-order valence-corrected chi connectivity index (χ4v) is 3.71. The van der Waals surface area contributed by atoms with Crippen LogP contribution in [0.3, 0.4) is 0 Å². The minimum absolute atomic E-state index is 0.0322. The molecule has 0 fully saturated rings. The number of nitriles is 1. The number of hydrogen-bond acceptors (Lipinski definition) is 4. The smallest absolute Gasteiger partial charge is 0.417 e. The Morgan fingerprint density at radius 2 is 1.82 bits per heavy atom. The molecule has 2 aromatic carbocycles. The summed E-state index contributed by atoms with van der Waals surface area (Å²) >= 11 is 0. The molecule has 0 bridgehead atoms. The number of carbonyl (C=O) groups is 1. The first-order chi connectivity index (χ1) is 16.1. The molecule has 1 N–H and O–H groups in total. The molecule has 4 rings (SSSR count). The van der Waals surface area contributed by atoms with Crippen LogP contribution < -0.4 is 4.74 Å². The average Bonchev–Trinajstić information content (AvgIpc) is 3.12.